The minimum atomic E-state index is -0.386. The van der Waals surface area contributed by atoms with Crippen molar-refractivity contribution in [3.63, 3.8) is 0 Å². The molecule has 0 aliphatic heterocycles. The number of rotatable bonds is 4. The van der Waals surface area contributed by atoms with Gasteiger partial charge in [0.2, 0.25) is 5.91 Å². The maximum atomic E-state index is 12.4. The average molecular weight is 260 g/mol. The fraction of sp³-hybridized carbons (Fsp3) is 0.562. The molecule has 3 heteroatoms. The van der Waals surface area contributed by atoms with E-state index in [1.54, 1.807) is 0 Å². The molecule has 0 bridgehead atoms. The Morgan fingerprint density at radius 2 is 2.16 bits per heavy atom. The fourth-order valence-corrected chi connectivity index (χ4v) is 2.82. The standard InChI is InChI=1S/C16H24N2O/c1-4-11(2)15(17)16(19)18(3)14-10-9-12-7-5-6-8-13(12)14/h5-8,11,14-15H,4,9-10,17H2,1-3H3/t11-,14?,15-/m0/s1. The third kappa shape index (κ3) is 2.66. The highest BCUT2D eigenvalue weighted by Crippen LogP contribution is 2.35. The predicted octanol–water partition coefficient (Wildman–Crippen LogP) is 2.51. The summed E-state index contributed by atoms with van der Waals surface area (Å²) >= 11 is 0. The fourth-order valence-electron chi connectivity index (χ4n) is 2.82. The molecule has 1 aliphatic carbocycles. The summed E-state index contributed by atoms with van der Waals surface area (Å²) in [5.41, 5.74) is 8.72. The molecule has 19 heavy (non-hydrogen) atoms. The van der Waals surface area contributed by atoms with E-state index >= 15 is 0 Å². The minimum Gasteiger partial charge on any atom is -0.337 e. The van der Waals surface area contributed by atoms with Gasteiger partial charge < -0.3 is 10.6 Å². The summed E-state index contributed by atoms with van der Waals surface area (Å²) in [7, 11) is 1.89. The van der Waals surface area contributed by atoms with E-state index in [1.807, 2.05) is 24.9 Å². The van der Waals surface area contributed by atoms with Gasteiger partial charge >= 0.3 is 0 Å². The average Bonchev–Trinajstić information content (AvgIpc) is 2.87. The smallest absolute Gasteiger partial charge is 0.240 e. The molecule has 1 aromatic carbocycles. The summed E-state index contributed by atoms with van der Waals surface area (Å²) in [6, 6.07) is 8.20. The number of benzene rings is 1. The molecular formula is C16H24N2O. The lowest BCUT2D eigenvalue weighted by Gasteiger charge is -2.30. The maximum absolute atomic E-state index is 12.4. The molecule has 1 amide bonds. The molecule has 1 unspecified atom stereocenters. The van der Waals surface area contributed by atoms with E-state index < -0.39 is 0 Å². The van der Waals surface area contributed by atoms with E-state index in [0.29, 0.717) is 0 Å². The molecule has 0 radical (unpaired) electrons. The highest BCUT2D eigenvalue weighted by atomic mass is 16.2. The number of nitrogens with zero attached hydrogens (tertiary/aromatic N) is 1. The Morgan fingerprint density at radius 1 is 1.47 bits per heavy atom. The summed E-state index contributed by atoms with van der Waals surface area (Å²) in [6.07, 6.45) is 2.99. The van der Waals surface area contributed by atoms with Crippen LogP contribution in [-0.2, 0) is 11.2 Å². The number of carbonyl (C=O) groups is 1. The quantitative estimate of drug-likeness (QED) is 0.904. The number of carbonyl (C=O) groups excluding carboxylic acids is 1. The third-order valence-corrected chi connectivity index (χ3v) is 4.46. The lowest BCUT2D eigenvalue weighted by atomic mass is 9.98. The van der Waals surface area contributed by atoms with Crippen LogP contribution in [0, 0.1) is 5.92 Å². The van der Waals surface area contributed by atoms with Crippen LogP contribution in [0.2, 0.25) is 0 Å². The van der Waals surface area contributed by atoms with E-state index in [4.69, 9.17) is 5.73 Å². The van der Waals surface area contributed by atoms with Crippen LogP contribution in [0.3, 0.4) is 0 Å². The maximum Gasteiger partial charge on any atom is 0.240 e. The van der Waals surface area contributed by atoms with E-state index in [2.05, 4.69) is 25.1 Å². The second-order valence-electron chi connectivity index (χ2n) is 5.61. The second-order valence-corrected chi connectivity index (χ2v) is 5.61. The SMILES string of the molecule is CC[C@H](C)[C@H](N)C(=O)N(C)C1CCc2ccccc21. The van der Waals surface area contributed by atoms with Crippen LogP contribution in [0.1, 0.15) is 43.9 Å². The molecule has 3 nitrogen and oxygen atoms in total. The van der Waals surface area contributed by atoms with Crippen LogP contribution < -0.4 is 5.73 Å². The van der Waals surface area contributed by atoms with Gasteiger partial charge in [-0.05, 0) is 29.9 Å². The Hall–Kier alpha value is -1.35. The Morgan fingerprint density at radius 3 is 2.84 bits per heavy atom. The van der Waals surface area contributed by atoms with E-state index in [0.717, 1.165) is 19.3 Å². The third-order valence-electron chi connectivity index (χ3n) is 4.46. The molecule has 0 saturated heterocycles. The molecule has 0 fully saturated rings. The second kappa shape index (κ2) is 5.74. The van der Waals surface area contributed by atoms with E-state index in [-0.39, 0.29) is 23.9 Å². The van der Waals surface area contributed by atoms with Crippen molar-refractivity contribution < 1.29 is 4.79 Å². The Labute approximate surface area is 115 Å². The van der Waals surface area contributed by atoms with Crippen molar-refractivity contribution in [2.75, 3.05) is 7.05 Å². The van der Waals surface area contributed by atoms with Crippen molar-refractivity contribution in [2.24, 2.45) is 11.7 Å². The number of nitrogens with two attached hydrogens (primary N) is 1. The zero-order valence-electron chi connectivity index (χ0n) is 12.1. The zero-order valence-corrected chi connectivity index (χ0v) is 12.1. The number of hydrogen-bond donors (Lipinski definition) is 1. The van der Waals surface area contributed by atoms with Crippen LogP contribution in [-0.4, -0.2) is 23.9 Å². The number of likely N-dealkylation sites (N-methyl/N-ethyl adjacent to an activating group) is 1. The van der Waals surface area contributed by atoms with Crippen molar-refractivity contribution >= 4 is 5.91 Å². The molecule has 0 spiro atoms. The summed E-state index contributed by atoms with van der Waals surface area (Å²) in [5.74, 6) is 0.294. The van der Waals surface area contributed by atoms with Crippen molar-refractivity contribution in [2.45, 2.75) is 45.2 Å². The highest BCUT2D eigenvalue weighted by Gasteiger charge is 2.31. The Kier molecular flexibility index (Phi) is 4.25. The molecule has 1 aromatic rings. The topological polar surface area (TPSA) is 46.3 Å². The molecule has 1 aliphatic rings. The van der Waals surface area contributed by atoms with Gasteiger partial charge in [-0.3, -0.25) is 4.79 Å². The molecule has 2 N–H and O–H groups in total. The van der Waals surface area contributed by atoms with Crippen molar-refractivity contribution in [1.29, 1.82) is 0 Å². The van der Waals surface area contributed by atoms with Gasteiger partial charge in [0.05, 0.1) is 12.1 Å². The van der Waals surface area contributed by atoms with Gasteiger partial charge in [0.25, 0.3) is 0 Å². The normalized spacial score (nSPS) is 20.7. The number of hydrogen-bond acceptors (Lipinski definition) is 2. The lowest BCUT2D eigenvalue weighted by Crippen LogP contribution is -2.46. The van der Waals surface area contributed by atoms with Crippen LogP contribution in [0.15, 0.2) is 24.3 Å². The number of fused-ring (bicyclic) bond motifs is 1. The molecule has 2 rings (SSSR count). The van der Waals surface area contributed by atoms with E-state index in [1.165, 1.54) is 11.1 Å². The van der Waals surface area contributed by atoms with Crippen LogP contribution >= 0.6 is 0 Å². The van der Waals surface area contributed by atoms with Crippen LogP contribution in [0.4, 0.5) is 0 Å². The first-order valence-corrected chi connectivity index (χ1v) is 7.16. The highest BCUT2D eigenvalue weighted by molar-refractivity contribution is 5.82. The summed E-state index contributed by atoms with van der Waals surface area (Å²) in [6.45, 7) is 4.11. The molecule has 3 atom stereocenters. The zero-order chi connectivity index (χ0) is 14.0. The van der Waals surface area contributed by atoms with Gasteiger partial charge in [0.15, 0.2) is 0 Å². The monoisotopic (exact) mass is 260 g/mol. The largest absolute Gasteiger partial charge is 0.337 e. The van der Waals surface area contributed by atoms with Crippen molar-refractivity contribution in [1.82, 2.24) is 4.90 Å². The Bertz CT molecular complexity index is 458. The van der Waals surface area contributed by atoms with Gasteiger partial charge in [-0.1, -0.05) is 44.5 Å². The first-order valence-electron chi connectivity index (χ1n) is 7.16. The first kappa shape index (κ1) is 14.1. The van der Waals surface area contributed by atoms with Crippen LogP contribution in [0.25, 0.3) is 0 Å². The number of amides is 1. The van der Waals surface area contributed by atoms with Gasteiger partial charge in [-0.2, -0.15) is 0 Å². The molecular weight excluding hydrogens is 236 g/mol. The molecule has 104 valence electrons. The summed E-state index contributed by atoms with van der Waals surface area (Å²) in [5, 5.41) is 0. The number of aryl methyl sites for hydroxylation is 1. The van der Waals surface area contributed by atoms with Gasteiger partial charge in [-0.25, -0.2) is 0 Å². The van der Waals surface area contributed by atoms with Crippen molar-refractivity contribution in [3.05, 3.63) is 35.4 Å². The van der Waals surface area contributed by atoms with Crippen LogP contribution in [0.5, 0.6) is 0 Å². The van der Waals surface area contributed by atoms with E-state index in [9.17, 15) is 4.79 Å². The molecule has 0 heterocycles. The minimum absolute atomic E-state index is 0.0658. The molecule has 0 saturated carbocycles. The predicted molar refractivity (Wildman–Crippen MR) is 77.7 cm³/mol. The summed E-state index contributed by atoms with van der Waals surface area (Å²) < 4.78 is 0. The summed E-state index contributed by atoms with van der Waals surface area (Å²) in [4.78, 5) is 14.3. The first-order chi connectivity index (χ1) is 9.06. The van der Waals surface area contributed by atoms with Crippen molar-refractivity contribution in [3.8, 4) is 0 Å². The Balaban J connectivity index is 2.13. The van der Waals surface area contributed by atoms with Gasteiger partial charge in [-0.15, -0.1) is 0 Å². The molecule has 0 aromatic heterocycles. The lowest BCUT2D eigenvalue weighted by molar-refractivity contribution is -0.134. The van der Waals surface area contributed by atoms with Gasteiger partial charge in [0, 0.05) is 7.05 Å². The van der Waals surface area contributed by atoms with Gasteiger partial charge in [0.1, 0.15) is 0 Å².